The van der Waals surface area contributed by atoms with Crippen LogP contribution in [0, 0.1) is 19.7 Å². The summed E-state index contributed by atoms with van der Waals surface area (Å²) in [7, 11) is -3.62. The molecule has 3 aromatic rings. The molecule has 1 amide bonds. The lowest BCUT2D eigenvalue weighted by molar-refractivity contribution is -0.119. The number of sulfonamides is 1. The molecule has 0 saturated heterocycles. The maximum Gasteiger partial charge on any atom is 0.233 e. The molecular weight excluding hydrogens is 507 g/mol. The number of aryl methyl sites for hydroxylation is 3. The van der Waals surface area contributed by atoms with E-state index in [1.807, 2.05) is 35.9 Å². The summed E-state index contributed by atoms with van der Waals surface area (Å²) in [6.07, 6.45) is 0.883. The van der Waals surface area contributed by atoms with Gasteiger partial charge in [-0.2, -0.15) is 0 Å². The Bertz CT molecular complexity index is 1350. The number of nitrogens with one attached hydrogen (secondary N) is 2. The third kappa shape index (κ3) is 8.85. The summed E-state index contributed by atoms with van der Waals surface area (Å²) in [5.41, 5.74) is 6.47. The monoisotopic (exact) mass is 542 g/mol. The fraction of sp³-hybridized carbons (Fsp3) is 0.345. The Hall–Kier alpha value is -3.43. The van der Waals surface area contributed by atoms with Crippen LogP contribution < -0.4 is 14.8 Å². The predicted molar refractivity (Wildman–Crippen MR) is 148 cm³/mol. The van der Waals surface area contributed by atoms with Gasteiger partial charge in [0.15, 0.2) is 0 Å². The average molecular weight is 543 g/mol. The summed E-state index contributed by atoms with van der Waals surface area (Å²) >= 11 is 0. The second-order valence-corrected chi connectivity index (χ2v) is 10.9. The molecule has 0 aromatic heterocycles. The van der Waals surface area contributed by atoms with E-state index in [1.54, 1.807) is 12.1 Å². The third-order valence-corrected chi connectivity index (χ3v) is 6.49. The summed E-state index contributed by atoms with van der Waals surface area (Å²) in [6.45, 7) is 8.32. The molecule has 38 heavy (non-hydrogen) atoms. The molecule has 0 heterocycles. The molecule has 0 aliphatic rings. The van der Waals surface area contributed by atoms with Gasteiger partial charge in [0.2, 0.25) is 15.9 Å². The number of amides is 1. The minimum absolute atomic E-state index is 0.102. The Balaban J connectivity index is 1.63. The number of halogens is 1. The highest BCUT2D eigenvalue weighted by molar-refractivity contribution is 7.89. The first-order valence-corrected chi connectivity index (χ1v) is 14.4. The maximum atomic E-state index is 14.6. The Morgan fingerprint density at radius 2 is 1.74 bits per heavy atom. The van der Waals surface area contributed by atoms with Gasteiger partial charge in [0.25, 0.3) is 0 Å². The predicted octanol–water partition coefficient (Wildman–Crippen LogP) is 5.15. The highest BCUT2D eigenvalue weighted by Gasteiger charge is 2.12. The Morgan fingerprint density at radius 3 is 2.39 bits per heavy atom. The molecule has 0 spiro atoms. The average Bonchev–Trinajstić information content (AvgIpc) is 2.84. The number of hydrogen-bond acceptors (Lipinski definition) is 6. The van der Waals surface area contributed by atoms with Gasteiger partial charge in [0.1, 0.15) is 18.2 Å². The number of hydrogen-bond donors (Lipinski definition) is 2. The van der Waals surface area contributed by atoms with E-state index in [0.29, 0.717) is 37.6 Å². The van der Waals surface area contributed by atoms with E-state index in [4.69, 9.17) is 9.47 Å². The molecule has 3 aromatic carbocycles. The lowest BCUT2D eigenvalue weighted by Gasteiger charge is -2.15. The zero-order chi connectivity index (χ0) is 27.7. The molecule has 0 atom stereocenters. The van der Waals surface area contributed by atoms with Gasteiger partial charge < -0.3 is 14.8 Å². The summed E-state index contributed by atoms with van der Waals surface area (Å²) in [4.78, 5) is 11.7. The van der Waals surface area contributed by atoms with Crippen molar-refractivity contribution in [2.75, 3.05) is 31.4 Å². The molecule has 0 saturated carbocycles. The molecular formula is C29H35FN2O5S. The lowest BCUT2D eigenvalue weighted by Crippen LogP contribution is -2.29. The lowest BCUT2D eigenvalue weighted by atomic mass is 9.94. The van der Waals surface area contributed by atoms with Crippen molar-refractivity contribution < 1.29 is 27.1 Å². The molecule has 0 aliphatic heterocycles. The first kappa shape index (κ1) is 29.1. The van der Waals surface area contributed by atoms with Crippen LogP contribution in [-0.4, -0.2) is 40.4 Å². The molecule has 0 bridgehead atoms. The summed E-state index contributed by atoms with van der Waals surface area (Å²) in [5, 5.41) is 3.24. The molecule has 9 heteroatoms. The first-order chi connectivity index (χ1) is 18.1. The largest absolute Gasteiger partial charge is 0.491 e. The van der Waals surface area contributed by atoms with Crippen LogP contribution >= 0.6 is 0 Å². The van der Waals surface area contributed by atoms with Gasteiger partial charge in [-0.15, -0.1) is 0 Å². The van der Waals surface area contributed by atoms with Crippen molar-refractivity contribution in [1.82, 2.24) is 4.72 Å². The van der Waals surface area contributed by atoms with Gasteiger partial charge >= 0.3 is 0 Å². The van der Waals surface area contributed by atoms with Gasteiger partial charge in [-0.1, -0.05) is 24.3 Å². The minimum Gasteiger partial charge on any atom is -0.491 e. The summed E-state index contributed by atoms with van der Waals surface area (Å²) in [6, 6.07) is 17.0. The van der Waals surface area contributed by atoms with E-state index in [0.717, 1.165) is 39.8 Å². The van der Waals surface area contributed by atoms with Crippen LogP contribution in [0.25, 0.3) is 11.1 Å². The highest BCUT2D eigenvalue weighted by Crippen LogP contribution is 2.31. The molecule has 204 valence electrons. The molecule has 0 unspecified atom stereocenters. The highest BCUT2D eigenvalue weighted by atomic mass is 32.2. The quantitative estimate of drug-likeness (QED) is 0.290. The SMILES string of the molecule is CCOCCOc1cc(C)c(-c2cccc(CNc3ccc(CCC(=O)NS(C)(=O)=O)c(F)c3)c2)c(C)c1. The van der Waals surface area contributed by atoms with Crippen LogP contribution in [0.3, 0.4) is 0 Å². The number of ether oxygens (including phenoxy) is 2. The number of carbonyl (C=O) groups is 1. The van der Waals surface area contributed by atoms with E-state index >= 15 is 0 Å². The van der Waals surface area contributed by atoms with Gasteiger partial charge in [0, 0.05) is 25.3 Å². The summed E-state index contributed by atoms with van der Waals surface area (Å²) in [5.74, 6) is -0.295. The molecule has 0 aliphatic carbocycles. The molecule has 7 nitrogen and oxygen atoms in total. The fourth-order valence-corrected chi connectivity index (χ4v) is 4.75. The van der Waals surface area contributed by atoms with Crippen molar-refractivity contribution in [1.29, 1.82) is 0 Å². The molecule has 0 radical (unpaired) electrons. The number of rotatable bonds is 13. The van der Waals surface area contributed by atoms with Gasteiger partial charge in [-0.3, -0.25) is 9.52 Å². The zero-order valence-electron chi connectivity index (χ0n) is 22.3. The maximum absolute atomic E-state index is 14.6. The minimum atomic E-state index is -3.62. The van der Waals surface area contributed by atoms with Crippen LogP contribution in [0.2, 0.25) is 0 Å². The molecule has 2 N–H and O–H groups in total. The summed E-state index contributed by atoms with van der Waals surface area (Å²) < 4.78 is 49.9. The van der Waals surface area contributed by atoms with Crippen molar-refractivity contribution in [2.24, 2.45) is 0 Å². The van der Waals surface area contributed by atoms with Crippen LogP contribution in [0.5, 0.6) is 5.75 Å². The second kappa shape index (κ2) is 13.4. The number of anilines is 1. The topological polar surface area (TPSA) is 93.7 Å². The first-order valence-electron chi connectivity index (χ1n) is 12.5. The third-order valence-electron chi connectivity index (χ3n) is 5.89. The van der Waals surface area contributed by atoms with E-state index in [2.05, 4.69) is 31.3 Å². The smallest absolute Gasteiger partial charge is 0.233 e. The Labute approximate surface area is 224 Å². The molecule has 0 fully saturated rings. The zero-order valence-corrected chi connectivity index (χ0v) is 23.1. The van der Waals surface area contributed by atoms with Crippen LogP contribution in [0.15, 0.2) is 54.6 Å². The standard InChI is InChI=1S/C29H35FN2O5S/c1-5-36-13-14-37-26-15-20(2)29(21(3)16-26)24-8-6-7-22(17-24)19-31-25-11-9-23(27(30)18-25)10-12-28(33)32-38(4,34)35/h6-9,11,15-18,31H,5,10,12-14,19H2,1-4H3,(H,32,33). The van der Waals surface area contributed by atoms with Gasteiger partial charge in [-0.05, 0) is 90.9 Å². The van der Waals surface area contributed by atoms with Crippen LogP contribution in [0.1, 0.15) is 35.6 Å². The van der Waals surface area contributed by atoms with Crippen LogP contribution in [0.4, 0.5) is 10.1 Å². The molecule has 3 rings (SSSR count). The van der Waals surface area contributed by atoms with Crippen molar-refractivity contribution in [3.05, 3.63) is 82.7 Å². The van der Waals surface area contributed by atoms with E-state index in [-0.39, 0.29) is 12.8 Å². The Kier molecular flexibility index (Phi) is 10.3. The Morgan fingerprint density at radius 1 is 1.00 bits per heavy atom. The van der Waals surface area contributed by atoms with Crippen LogP contribution in [-0.2, 0) is 32.5 Å². The second-order valence-electron chi connectivity index (χ2n) is 9.13. The normalized spacial score (nSPS) is 11.3. The van der Waals surface area contributed by atoms with Crippen molar-refractivity contribution in [2.45, 2.75) is 40.2 Å². The van der Waals surface area contributed by atoms with Crippen molar-refractivity contribution >= 4 is 21.6 Å². The van der Waals surface area contributed by atoms with E-state index < -0.39 is 21.7 Å². The van der Waals surface area contributed by atoms with E-state index in [1.165, 1.54) is 6.07 Å². The number of carbonyl (C=O) groups excluding carboxylic acids is 1. The van der Waals surface area contributed by atoms with Gasteiger partial charge in [-0.25, -0.2) is 12.8 Å². The number of benzene rings is 3. The fourth-order valence-electron chi connectivity index (χ4n) is 4.23. The van der Waals surface area contributed by atoms with E-state index in [9.17, 15) is 17.6 Å². The van der Waals surface area contributed by atoms with Crippen molar-refractivity contribution in [3.63, 3.8) is 0 Å². The van der Waals surface area contributed by atoms with Gasteiger partial charge in [0.05, 0.1) is 12.9 Å². The van der Waals surface area contributed by atoms with Crippen molar-refractivity contribution in [3.8, 4) is 16.9 Å².